The average molecular weight is 355 g/mol. The molecule has 0 bridgehead atoms. The highest BCUT2D eigenvalue weighted by Crippen LogP contribution is 2.44. The van der Waals surface area contributed by atoms with Crippen LogP contribution in [0.15, 0.2) is 36.5 Å². The summed E-state index contributed by atoms with van der Waals surface area (Å²) in [5.41, 5.74) is 6.64. The number of hydrogen-bond donors (Lipinski definition) is 0. The van der Waals surface area contributed by atoms with E-state index in [0.29, 0.717) is 6.04 Å². The van der Waals surface area contributed by atoms with Crippen molar-refractivity contribution in [2.45, 2.75) is 63.8 Å². The number of pyridine rings is 1. The van der Waals surface area contributed by atoms with Gasteiger partial charge in [0.25, 0.3) is 0 Å². The maximum absolute atomic E-state index is 10.0. The van der Waals surface area contributed by atoms with Gasteiger partial charge >= 0.3 is 0 Å². The Balaban J connectivity index is 1.78. The lowest BCUT2D eigenvalue weighted by Crippen LogP contribution is -2.07. The van der Waals surface area contributed by atoms with Crippen LogP contribution in [-0.4, -0.2) is 9.55 Å². The van der Waals surface area contributed by atoms with Crippen LogP contribution in [0, 0.1) is 11.3 Å². The van der Waals surface area contributed by atoms with Crippen molar-refractivity contribution in [3.63, 3.8) is 0 Å². The highest BCUT2D eigenvalue weighted by Gasteiger charge is 2.29. The van der Waals surface area contributed by atoms with Gasteiger partial charge in [-0.3, -0.25) is 4.98 Å². The van der Waals surface area contributed by atoms with Gasteiger partial charge in [-0.15, -0.1) is 0 Å². The van der Waals surface area contributed by atoms with Gasteiger partial charge in [0.2, 0.25) is 0 Å². The Morgan fingerprint density at radius 2 is 1.93 bits per heavy atom. The number of nitriles is 1. The summed E-state index contributed by atoms with van der Waals surface area (Å²) in [6.07, 6.45) is 10.5. The molecule has 0 atom stereocenters. The summed E-state index contributed by atoms with van der Waals surface area (Å²) in [4.78, 5) is 4.75. The molecule has 1 aromatic carbocycles. The van der Waals surface area contributed by atoms with Gasteiger partial charge in [0, 0.05) is 17.6 Å². The zero-order valence-electron chi connectivity index (χ0n) is 15.9. The molecule has 0 unspecified atom stereocenters. The molecule has 2 fully saturated rings. The fourth-order valence-electron chi connectivity index (χ4n) is 4.68. The summed E-state index contributed by atoms with van der Waals surface area (Å²) in [6.45, 7) is 2.15. The second-order valence-electron chi connectivity index (χ2n) is 8.10. The van der Waals surface area contributed by atoms with Gasteiger partial charge in [-0.25, -0.2) is 0 Å². The Kier molecular flexibility index (Phi) is 4.01. The van der Waals surface area contributed by atoms with Crippen molar-refractivity contribution in [2.75, 3.05) is 0 Å². The molecular formula is C24H25N3. The molecule has 136 valence electrons. The van der Waals surface area contributed by atoms with Gasteiger partial charge in [-0.2, -0.15) is 5.26 Å². The summed E-state index contributed by atoms with van der Waals surface area (Å²) < 4.78 is 2.46. The monoisotopic (exact) mass is 355 g/mol. The van der Waals surface area contributed by atoms with Crippen molar-refractivity contribution in [3.05, 3.63) is 53.2 Å². The lowest BCUT2D eigenvalue weighted by atomic mass is 10.1. The fraction of sp³-hybridized carbons (Fsp3) is 0.417. The average Bonchev–Trinajstić information content (AvgIpc) is 3.32. The number of aromatic nitrogens is 2. The number of rotatable bonds is 4. The first-order chi connectivity index (χ1) is 13.3. The molecule has 0 radical (unpaired) electrons. The second kappa shape index (κ2) is 6.53. The summed E-state index contributed by atoms with van der Waals surface area (Å²) in [7, 11) is 0. The Hall–Kier alpha value is -2.60. The molecule has 0 saturated heterocycles. The lowest BCUT2D eigenvalue weighted by molar-refractivity contribution is 0.539. The van der Waals surface area contributed by atoms with E-state index in [4.69, 9.17) is 4.98 Å². The predicted molar refractivity (Wildman–Crippen MR) is 109 cm³/mol. The van der Waals surface area contributed by atoms with Crippen LogP contribution in [0.3, 0.4) is 0 Å². The minimum absolute atomic E-state index is 0.478. The number of nitrogens with zero attached hydrogens (tertiary/aromatic N) is 3. The summed E-state index contributed by atoms with van der Waals surface area (Å²) in [5, 5.41) is 11.1. The van der Waals surface area contributed by atoms with Crippen LogP contribution in [0.1, 0.15) is 74.1 Å². The zero-order chi connectivity index (χ0) is 18.4. The zero-order valence-corrected chi connectivity index (χ0v) is 15.9. The largest absolute Gasteiger partial charge is 0.335 e. The van der Waals surface area contributed by atoms with Crippen LogP contribution in [0.4, 0.5) is 0 Å². The van der Waals surface area contributed by atoms with Crippen molar-refractivity contribution in [3.8, 4) is 17.5 Å². The van der Waals surface area contributed by atoms with Crippen molar-refractivity contribution < 1.29 is 0 Å². The van der Waals surface area contributed by atoms with E-state index in [2.05, 4.69) is 47.9 Å². The molecule has 0 N–H and O–H groups in total. The molecule has 5 rings (SSSR count). The molecule has 2 aliphatic carbocycles. The van der Waals surface area contributed by atoms with Crippen LogP contribution in [0.5, 0.6) is 0 Å². The first kappa shape index (κ1) is 16.6. The molecule has 27 heavy (non-hydrogen) atoms. The van der Waals surface area contributed by atoms with E-state index >= 15 is 0 Å². The van der Waals surface area contributed by atoms with Crippen LogP contribution < -0.4 is 0 Å². The van der Waals surface area contributed by atoms with Gasteiger partial charge in [0.15, 0.2) is 0 Å². The maximum Gasteiger partial charge on any atom is 0.102 e. The molecule has 3 nitrogen and oxygen atoms in total. The molecule has 3 aromatic rings. The molecular weight excluding hydrogens is 330 g/mol. The molecule has 2 aromatic heterocycles. The van der Waals surface area contributed by atoms with E-state index in [9.17, 15) is 5.26 Å². The number of aryl methyl sites for hydroxylation is 1. The van der Waals surface area contributed by atoms with E-state index in [1.54, 1.807) is 0 Å². The van der Waals surface area contributed by atoms with Crippen LogP contribution in [0.2, 0.25) is 0 Å². The first-order valence-electron chi connectivity index (χ1n) is 10.3. The van der Waals surface area contributed by atoms with E-state index < -0.39 is 0 Å². The Morgan fingerprint density at radius 3 is 2.56 bits per heavy atom. The van der Waals surface area contributed by atoms with Gasteiger partial charge in [0.1, 0.15) is 6.07 Å². The summed E-state index contributed by atoms with van der Waals surface area (Å²) in [6, 6.07) is 14.0. The molecule has 2 heterocycles. The summed E-state index contributed by atoms with van der Waals surface area (Å²) in [5.74, 6) is 0.720. The van der Waals surface area contributed by atoms with Crippen LogP contribution in [-0.2, 0) is 6.42 Å². The van der Waals surface area contributed by atoms with Gasteiger partial charge in [-0.1, -0.05) is 38.0 Å². The minimum atomic E-state index is 0.478. The third-order valence-corrected chi connectivity index (χ3v) is 6.35. The van der Waals surface area contributed by atoms with E-state index in [1.807, 2.05) is 6.20 Å². The fourth-order valence-corrected chi connectivity index (χ4v) is 4.68. The van der Waals surface area contributed by atoms with Gasteiger partial charge in [-0.05, 0) is 61.3 Å². The van der Waals surface area contributed by atoms with Gasteiger partial charge in [0.05, 0.1) is 22.5 Å². The van der Waals surface area contributed by atoms with E-state index in [0.717, 1.165) is 34.7 Å². The standard InChI is InChI=1S/C24H25N3/c1-2-16-7-12-22(26-15-16)24-21(14-25)20-11-10-18(17-8-9-17)13-23(20)27(24)19-5-3-4-6-19/h7,10-13,15,17,19H,2-6,8-9H2,1H3. The number of hydrogen-bond acceptors (Lipinski definition) is 2. The SMILES string of the molecule is CCc1ccc(-c2c(C#N)c3ccc(C4CC4)cc3n2C2CCCC2)nc1. The normalized spacial score (nSPS) is 17.5. The highest BCUT2D eigenvalue weighted by atomic mass is 15.0. The highest BCUT2D eigenvalue weighted by molar-refractivity contribution is 5.94. The third-order valence-electron chi connectivity index (χ3n) is 6.35. The third kappa shape index (κ3) is 2.75. The van der Waals surface area contributed by atoms with Crippen molar-refractivity contribution >= 4 is 10.9 Å². The van der Waals surface area contributed by atoms with Gasteiger partial charge < -0.3 is 4.57 Å². The van der Waals surface area contributed by atoms with Crippen LogP contribution in [0.25, 0.3) is 22.3 Å². The second-order valence-corrected chi connectivity index (χ2v) is 8.10. The van der Waals surface area contributed by atoms with E-state index in [1.165, 1.54) is 55.2 Å². The Labute approximate surface area is 160 Å². The van der Waals surface area contributed by atoms with Crippen molar-refractivity contribution in [1.29, 1.82) is 5.26 Å². The minimum Gasteiger partial charge on any atom is -0.335 e. The topological polar surface area (TPSA) is 41.6 Å². The quantitative estimate of drug-likeness (QED) is 0.565. The number of fused-ring (bicyclic) bond motifs is 1. The molecule has 0 spiro atoms. The smallest absolute Gasteiger partial charge is 0.102 e. The maximum atomic E-state index is 10.0. The van der Waals surface area contributed by atoms with Crippen molar-refractivity contribution in [2.24, 2.45) is 0 Å². The number of benzene rings is 1. The van der Waals surface area contributed by atoms with E-state index in [-0.39, 0.29) is 0 Å². The Bertz CT molecular complexity index is 1030. The predicted octanol–water partition coefficient (Wildman–Crippen LogP) is 6.13. The first-order valence-corrected chi connectivity index (χ1v) is 10.3. The molecule has 2 aliphatic rings. The lowest BCUT2D eigenvalue weighted by Gasteiger charge is -2.18. The molecule has 0 amide bonds. The molecule has 2 saturated carbocycles. The van der Waals surface area contributed by atoms with Crippen molar-refractivity contribution in [1.82, 2.24) is 9.55 Å². The molecule has 0 aliphatic heterocycles. The molecule has 3 heteroatoms. The summed E-state index contributed by atoms with van der Waals surface area (Å²) >= 11 is 0. The Morgan fingerprint density at radius 1 is 1.11 bits per heavy atom. The van der Waals surface area contributed by atoms with Crippen LogP contribution >= 0.6 is 0 Å².